The van der Waals surface area contributed by atoms with Gasteiger partial charge in [-0.3, -0.25) is 16.0 Å². The number of nitrogens with two attached hydrogens (primary N) is 1. The zero-order valence-electron chi connectivity index (χ0n) is 13.5. The summed E-state index contributed by atoms with van der Waals surface area (Å²) >= 11 is 0. The minimum atomic E-state index is -0.323. The minimum absolute atomic E-state index is 0. The lowest BCUT2D eigenvalue weighted by Crippen LogP contribution is -3.00. The van der Waals surface area contributed by atoms with Gasteiger partial charge in [0.15, 0.2) is 0 Å². The molecule has 1 unspecified atom stereocenters. The molecule has 0 saturated carbocycles. The van der Waals surface area contributed by atoms with E-state index < -0.39 is 0 Å². The van der Waals surface area contributed by atoms with Crippen LogP contribution in [0.25, 0.3) is 0 Å². The van der Waals surface area contributed by atoms with Crippen LogP contribution < -0.4 is 28.4 Å². The summed E-state index contributed by atoms with van der Waals surface area (Å²) in [6.07, 6.45) is 6.19. The molecule has 22 heavy (non-hydrogen) atoms. The van der Waals surface area contributed by atoms with Crippen molar-refractivity contribution in [2.45, 2.75) is 51.6 Å². The molecular formula is C17H30ClN3O. The number of rotatable bonds is 10. The molecule has 0 fully saturated rings. The van der Waals surface area contributed by atoms with E-state index in [2.05, 4.69) is 29.4 Å². The maximum Gasteiger partial charge on any atom is 0.341 e. The highest BCUT2D eigenvalue weighted by atomic mass is 35.5. The Morgan fingerprint density at radius 2 is 1.95 bits per heavy atom. The van der Waals surface area contributed by atoms with Crippen molar-refractivity contribution in [1.82, 2.24) is 5.32 Å². The molecule has 0 aromatic heterocycles. The summed E-state index contributed by atoms with van der Waals surface area (Å²) in [5.74, 6) is 0.540. The molecule has 0 aliphatic rings. The van der Waals surface area contributed by atoms with Gasteiger partial charge in [0.05, 0.1) is 19.2 Å². The van der Waals surface area contributed by atoms with E-state index in [1.165, 1.54) is 24.8 Å². The van der Waals surface area contributed by atoms with Crippen molar-refractivity contribution in [2.24, 2.45) is 5.73 Å². The molecule has 5 heteroatoms. The molecule has 0 spiro atoms. The van der Waals surface area contributed by atoms with E-state index in [0.717, 1.165) is 25.8 Å². The summed E-state index contributed by atoms with van der Waals surface area (Å²) < 4.78 is 0. The summed E-state index contributed by atoms with van der Waals surface area (Å²) in [5, 5.41) is 13.0. The monoisotopic (exact) mass is 327 g/mol. The smallest absolute Gasteiger partial charge is 0.341 e. The quantitative estimate of drug-likeness (QED) is 0.219. The van der Waals surface area contributed by atoms with E-state index in [4.69, 9.17) is 5.73 Å². The SMILES string of the molecule is CCCCCCC(O)C[NH+]=C(N)NCCc1ccccc1.[Cl-]. The van der Waals surface area contributed by atoms with Gasteiger partial charge in [-0.2, -0.15) is 0 Å². The number of nitrogens with one attached hydrogen (secondary N) is 2. The number of aliphatic hydroxyl groups is 1. The first-order valence-electron chi connectivity index (χ1n) is 8.04. The Bertz CT molecular complexity index is 398. The van der Waals surface area contributed by atoms with Crippen LogP contribution in [0.1, 0.15) is 44.6 Å². The molecule has 5 N–H and O–H groups in total. The van der Waals surface area contributed by atoms with E-state index in [1.54, 1.807) is 0 Å². The van der Waals surface area contributed by atoms with Gasteiger partial charge in [-0.1, -0.05) is 62.9 Å². The molecule has 0 aliphatic carbocycles. The molecule has 1 aromatic rings. The molecule has 0 amide bonds. The summed E-state index contributed by atoms with van der Waals surface area (Å²) in [5.41, 5.74) is 7.13. The normalized spacial score (nSPS) is 12.5. The van der Waals surface area contributed by atoms with E-state index in [-0.39, 0.29) is 18.5 Å². The first-order chi connectivity index (χ1) is 10.2. The van der Waals surface area contributed by atoms with Crippen molar-refractivity contribution in [2.75, 3.05) is 13.1 Å². The molecule has 0 saturated heterocycles. The van der Waals surface area contributed by atoms with Crippen LogP contribution in [0.2, 0.25) is 0 Å². The van der Waals surface area contributed by atoms with E-state index >= 15 is 0 Å². The van der Waals surface area contributed by atoms with E-state index in [0.29, 0.717) is 12.5 Å². The van der Waals surface area contributed by atoms with Gasteiger partial charge in [0.1, 0.15) is 0 Å². The van der Waals surface area contributed by atoms with E-state index in [9.17, 15) is 5.11 Å². The fraction of sp³-hybridized carbons (Fsp3) is 0.588. The molecule has 1 rings (SSSR count). The summed E-state index contributed by atoms with van der Waals surface area (Å²) in [6.45, 7) is 3.49. The Morgan fingerprint density at radius 3 is 2.64 bits per heavy atom. The number of hydrogen-bond donors (Lipinski definition) is 4. The highest BCUT2D eigenvalue weighted by molar-refractivity contribution is 5.71. The fourth-order valence-electron chi connectivity index (χ4n) is 2.19. The number of guanidine groups is 1. The fourth-order valence-corrected chi connectivity index (χ4v) is 2.19. The Kier molecular flexibility index (Phi) is 12.6. The van der Waals surface area contributed by atoms with E-state index in [1.807, 2.05) is 18.2 Å². The molecule has 1 aromatic carbocycles. The Balaban J connectivity index is 0.00000441. The Morgan fingerprint density at radius 1 is 1.23 bits per heavy atom. The van der Waals surface area contributed by atoms with Crippen LogP contribution >= 0.6 is 0 Å². The number of aliphatic hydroxyl groups excluding tert-OH is 1. The second-order valence-corrected chi connectivity index (χ2v) is 5.46. The lowest BCUT2D eigenvalue weighted by molar-refractivity contribution is -0.472. The standard InChI is InChI=1S/C17H29N3O.ClH/c1-2-3-4-8-11-16(21)14-20-17(18)19-13-12-15-9-6-5-7-10-15;/h5-7,9-10,16,21H,2-4,8,11-14H2,1H3,(H3,18,19,20);1H. The van der Waals surface area contributed by atoms with Gasteiger partial charge in [0, 0.05) is 6.42 Å². The summed E-state index contributed by atoms with van der Waals surface area (Å²) in [4.78, 5) is 3.04. The van der Waals surface area contributed by atoms with Crippen molar-refractivity contribution in [1.29, 1.82) is 0 Å². The topological polar surface area (TPSA) is 72.2 Å². The van der Waals surface area contributed by atoms with Crippen molar-refractivity contribution in [3.8, 4) is 0 Å². The third-order valence-corrected chi connectivity index (χ3v) is 3.49. The van der Waals surface area contributed by atoms with Crippen LogP contribution in [-0.2, 0) is 6.42 Å². The third kappa shape index (κ3) is 10.5. The maximum absolute atomic E-state index is 9.84. The molecule has 1 atom stereocenters. The third-order valence-electron chi connectivity index (χ3n) is 3.49. The van der Waals surface area contributed by atoms with Gasteiger partial charge in [0.25, 0.3) is 0 Å². The lowest BCUT2D eigenvalue weighted by Gasteiger charge is -2.07. The first-order valence-corrected chi connectivity index (χ1v) is 8.04. The molecule has 0 radical (unpaired) electrons. The molecular weight excluding hydrogens is 298 g/mol. The Labute approximate surface area is 140 Å². The number of halogens is 1. The second-order valence-electron chi connectivity index (χ2n) is 5.46. The molecule has 0 aliphatic heterocycles. The largest absolute Gasteiger partial charge is 1.00 e. The van der Waals surface area contributed by atoms with Crippen molar-refractivity contribution in [3.05, 3.63) is 35.9 Å². The van der Waals surface area contributed by atoms with Gasteiger partial charge in [-0.15, -0.1) is 0 Å². The number of unbranched alkanes of at least 4 members (excludes halogenated alkanes) is 3. The molecule has 126 valence electrons. The zero-order chi connectivity index (χ0) is 15.3. The van der Waals surface area contributed by atoms with Crippen LogP contribution in [0, 0.1) is 0 Å². The molecule has 4 nitrogen and oxygen atoms in total. The predicted molar refractivity (Wildman–Crippen MR) is 87.9 cm³/mol. The minimum Gasteiger partial charge on any atom is -1.00 e. The maximum atomic E-state index is 9.84. The van der Waals surface area contributed by atoms with Crippen LogP contribution in [0.4, 0.5) is 0 Å². The summed E-state index contributed by atoms with van der Waals surface area (Å²) in [6, 6.07) is 10.3. The average molecular weight is 328 g/mol. The predicted octanol–water partition coefficient (Wildman–Crippen LogP) is -2.45. The van der Waals surface area contributed by atoms with Gasteiger partial charge in [-0.25, -0.2) is 0 Å². The van der Waals surface area contributed by atoms with Gasteiger partial charge < -0.3 is 17.5 Å². The van der Waals surface area contributed by atoms with Crippen LogP contribution in [0.5, 0.6) is 0 Å². The van der Waals surface area contributed by atoms with Gasteiger partial charge in [0.2, 0.25) is 0 Å². The lowest BCUT2D eigenvalue weighted by atomic mass is 10.1. The first kappa shape index (κ1) is 20.7. The van der Waals surface area contributed by atoms with Gasteiger partial charge >= 0.3 is 5.96 Å². The second kappa shape index (κ2) is 13.4. The zero-order valence-corrected chi connectivity index (χ0v) is 14.3. The van der Waals surface area contributed by atoms with Crippen LogP contribution in [0.15, 0.2) is 30.3 Å². The molecule has 0 heterocycles. The van der Waals surface area contributed by atoms with Crippen molar-refractivity contribution < 1.29 is 22.5 Å². The number of benzene rings is 1. The highest BCUT2D eigenvalue weighted by Gasteiger charge is 2.05. The van der Waals surface area contributed by atoms with Crippen molar-refractivity contribution in [3.63, 3.8) is 0 Å². The summed E-state index contributed by atoms with van der Waals surface area (Å²) in [7, 11) is 0. The van der Waals surface area contributed by atoms with Crippen LogP contribution in [-0.4, -0.2) is 30.3 Å². The van der Waals surface area contributed by atoms with Gasteiger partial charge in [-0.05, 0) is 12.0 Å². The van der Waals surface area contributed by atoms with Crippen LogP contribution in [0.3, 0.4) is 0 Å². The molecule has 0 bridgehead atoms. The Hall–Kier alpha value is -1.26. The highest BCUT2D eigenvalue weighted by Crippen LogP contribution is 2.04. The average Bonchev–Trinajstić information content (AvgIpc) is 2.50. The number of hydrogen-bond acceptors (Lipinski definition) is 1. The van der Waals surface area contributed by atoms with Crippen molar-refractivity contribution >= 4 is 5.96 Å².